The second-order valence-corrected chi connectivity index (χ2v) is 4.22. The van der Waals surface area contributed by atoms with Crippen molar-refractivity contribution < 1.29 is 14.2 Å². The molecule has 0 heterocycles. The maximum Gasteiger partial charge on any atom is 0.144 e. The summed E-state index contributed by atoms with van der Waals surface area (Å²) in [6.45, 7) is -0.0956. The van der Waals surface area contributed by atoms with Gasteiger partial charge in [-0.15, -0.1) is 0 Å². The summed E-state index contributed by atoms with van der Waals surface area (Å²) in [6.07, 6.45) is -0.909. The van der Waals surface area contributed by atoms with Crippen LogP contribution >= 0.6 is 0 Å². The van der Waals surface area contributed by atoms with E-state index < -0.39 is 11.9 Å². The number of nitriles is 1. The minimum absolute atomic E-state index is 0.0956. The number of ether oxygens (including phenoxy) is 1. The largest absolute Gasteiger partial charge is 0.489 e. The van der Waals surface area contributed by atoms with Gasteiger partial charge in [-0.25, -0.2) is 4.39 Å². The molecule has 2 aromatic rings. The van der Waals surface area contributed by atoms with Gasteiger partial charge in [0.2, 0.25) is 0 Å². The Labute approximate surface area is 115 Å². The summed E-state index contributed by atoms with van der Waals surface area (Å²) in [4.78, 5) is 0. The summed E-state index contributed by atoms with van der Waals surface area (Å²) in [5.41, 5.74) is 6.58. The van der Waals surface area contributed by atoms with Gasteiger partial charge in [0.05, 0.1) is 0 Å². The molecule has 0 aliphatic rings. The van der Waals surface area contributed by atoms with Crippen LogP contribution in [0.3, 0.4) is 0 Å². The van der Waals surface area contributed by atoms with E-state index in [1.807, 2.05) is 0 Å². The quantitative estimate of drug-likeness (QED) is 0.837. The van der Waals surface area contributed by atoms with Gasteiger partial charge in [-0.1, -0.05) is 18.2 Å². The monoisotopic (exact) mass is 272 g/mol. The Morgan fingerprint density at radius 3 is 2.75 bits per heavy atom. The normalized spacial score (nSPS) is 11.7. The van der Waals surface area contributed by atoms with Gasteiger partial charge in [-0.2, -0.15) is 5.26 Å². The van der Waals surface area contributed by atoms with E-state index in [1.165, 1.54) is 18.2 Å². The molecule has 2 aromatic carbocycles. The molecule has 0 bridgehead atoms. The molecule has 1 unspecified atom stereocenters. The van der Waals surface area contributed by atoms with E-state index in [2.05, 4.69) is 0 Å². The molecule has 20 heavy (non-hydrogen) atoms. The highest BCUT2D eigenvalue weighted by molar-refractivity contribution is 5.44. The number of aliphatic hydroxyl groups excluding tert-OH is 1. The van der Waals surface area contributed by atoms with Crippen molar-refractivity contribution in [2.45, 2.75) is 6.10 Å². The fourth-order valence-corrected chi connectivity index (χ4v) is 1.76. The molecular weight excluding hydrogens is 259 g/mol. The van der Waals surface area contributed by atoms with Crippen molar-refractivity contribution >= 4 is 5.69 Å². The fourth-order valence-electron chi connectivity index (χ4n) is 1.76. The first kappa shape index (κ1) is 13.8. The Morgan fingerprint density at radius 2 is 2.05 bits per heavy atom. The number of hydrogen-bond donors (Lipinski definition) is 2. The highest BCUT2D eigenvalue weighted by Crippen LogP contribution is 2.23. The Balaban J connectivity index is 2.10. The van der Waals surface area contributed by atoms with Crippen LogP contribution in [0.25, 0.3) is 0 Å². The zero-order valence-corrected chi connectivity index (χ0v) is 10.6. The lowest BCUT2D eigenvalue weighted by molar-refractivity contribution is 0.108. The lowest BCUT2D eigenvalue weighted by Crippen LogP contribution is -2.11. The van der Waals surface area contributed by atoms with Crippen LogP contribution in [0.15, 0.2) is 42.5 Å². The SMILES string of the molecule is N#Cc1c(F)cccc1OCC(O)c1cccc(N)c1. The molecule has 5 heteroatoms. The fraction of sp³-hybridized carbons (Fsp3) is 0.133. The van der Waals surface area contributed by atoms with Crippen LogP contribution in [0.1, 0.15) is 17.2 Å². The van der Waals surface area contributed by atoms with Crippen LogP contribution in [0.4, 0.5) is 10.1 Å². The molecule has 0 spiro atoms. The first-order valence-corrected chi connectivity index (χ1v) is 5.96. The average Bonchev–Trinajstić information content (AvgIpc) is 2.44. The highest BCUT2D eigenvalue weighted by atomic mass is 19.1. The molecule has 2 rings (SSSR count). The summed E-state index contributed by atoms with van der Waals surface area (Å²) in [7, 11) is 0. The maximum absolute atomic E-state index is 13.4. The number of benzene rings is 2. The smallest absolute Gasteiger partial charge is 0.144 e. The molecular formula is C15H13FN2O2. The molecule has 0 aliphatic heterocycles. The van der Waals surface area contributed by atoms with Gasteiger partial charge >= 0.3 is 0 Å². The Hall–Kier alpha value is -2.58. The molecule has 0 amide bonds. The molecule has 0 aliphatic carbocycles. The summed E-state index contributed by atoms with van der Waals surface area (Å²) < 4.78 is 18.7. The zero-order chi connectivity index (χ0) is 14.5. The number of rotatable bonds is 4. The molecule has 0 saturated heterocycles. The van der Waals surface area contributed by atoms with Crippen molar-refractivity contribution in [1.82, 2.24) is 0 Å². The third-order valence-corrected chi connectivity index (χ3v) is 2.78. The second kappa shape index (κ2) is 6.04. The van der Waals surface area contributed by atoms with E-state index in [0.717, 1.165) is 0 Å². The number of hydrogen-bond acceptors (Lipinski definition) is 4. The van der Waals surface area contributed by atoms with Crippen LogP contribution in [-0.2, 0) is 0 Å². The number of anilines is 1. The van der Waals surface area contributed by atoms with Crippen molar-refractivity contribution in [3.05, 3.63) is 59.4 Å². The minimum Gasteiger partial charge on any atom is -0.489 e. The third kappa shape index (κ3) is 3.05. The van der Waals surface area contributed by atoms with Crippen molar-refractivity contribution in [1.29, 1.82) is 5.26 Å². The number of halogens is 1. The average molecular weight is 272 g/mol. The second-order valence-electron chi connectivity index (χ2n) is 4.22. The number of nitrogens with zero attached hydrogens (tertiary/aromatic N) is 1. The number of nitrogens with two attached hydrogens (primary N) is 1. The van der Waals surface area contributed by atoms with Gasteiger partial charge < -0.3 is 15.6 Å². The lowest BCUT2D eigenvalue weighted by atomic mass is 10.1. The third-order valence-electron chi connectivity index (χ3n) is 2.78. The predicted molar refractivity (Wildman–Crippen MR) is 72.4 cm³/mol. The van der Waals surface area contributed by atoms with E-state index in [9.17, 15) is 9.50 Å². The van der Waals surface area contributed by atoms with Gasteiger partial charge in [0.15, 0.2) is 0 Å². The highest BCUT2D eigenvalue weighted by Gasteiger charge is 2.12. The molecule has 0 saturated carbocycles. The van der Waals surface area contributed by atoms with Crippen molar-refractivity contribution in [2.75, 3.05) is 12.3 Å². The molecule has 1 atom stereocenters. The Kier molecular flexibility index (Phi) is 4.18. The van der Waals surface area contributed by atoms with Crippen LogP contribution in [0.5, 0.6) is 5.75 Å². The van der Waals surface area contributed by atoms with E-state index >= 15 is 0 Å². The van der Waals surface area contributed by atoms with Crippen LogP contribution in [0.2, 0.25) is 0 Å². The summed E-state index contributed by atoms with van der Waals surface area (Å²) in [6, 6.07) is 12.6. The molecule has 102 valence electrons. The lowest BCUT2D eigenvalue weighted by Gasteiger charge is -2.14. The van der Waals surface area contributed by atoms with Crippen LogP contribution in [0, 0.1) is 17.1 Å². The van der Waals surface area contributed by atoms with E-state index in [1.54, 1.807) is 30.3 Å². The molecule has 0 fully saturated rings. The molecule has 4 nitrogen and oxygen atoms in total. The maximum atomic E-state index is 13.4. The summed E-state index contributed by atoms with van der Waals surface area (Å²) in [5.74, 6) is -0.543. The van der Waals surface area contributed by atoms with Crippen LogP contribution < -0.4 is 10.5 Å². The Morgan fingerprint density at radius 1 is 1.30 bits per heavy atom. The minimum atomic E-state index is -0.909. The van der Waals surface area contributed by atoms with Gasteiger partial charge in [-0.05, 0) is 29.8 Å². The zero-order valence-electron chi connectivity index (χ0n) is 10.6. The molecule has 0 aromatic heterocycles. The van der Waals surface area contributed by atoms with Gasteiger partial charge in [0, 0.05) is 5.69 Å². The van der Waals surface area contributed by atoms with Gasteiger partial charge in [0.1, 0.15) is 35.9 Å². The van der Waals surface area contributed by atoms with Gasteiger partial charge in [-0.3, -0.25) is 0 Å². The first-order valence-electron chi connectivity index (χ1n) is 5.96. The van der Waals surface area contributed by atoms with Crippen LogP contribution in [-0.4, -0.2) is 11.7 Å². The van der Waals surface area contributed by atoms with Crippen molar-refractivity contribution in [3.8, 4) is 11.8 Å². The first-order chi connectivity index (χ1) is 9.61. The predicted octanol–water partition coefficient (Wildman–Crippen LogP) is 2.39. The molecule has 0 radical (unpaired) electrons. The standard InChI is InChI=1S/C15H13FN2O2/c16-13-5-2-6-15(12(13)8-17)20-9-14(19)10-3-1-4-11(18)7-10/h1-7,14,19H,9,18H2. The van der Waals surface area contributed by atoms with E-state index in [-0.39, 0.29) is 17.9 Å². The van der Waals surface area contributed by atoms with Crippen molar-refractivity contribution in [2.24, 2.45) is 0 Å². The Bertz CT molecular complexity index is 653. The topological polar surface area (TPSA) is 79.3 Å². The van der Waals surface area contributed by atoms with Gasteiger partial charge in [0.25, 0.3) is 0 Å². The number of nitrogen functional groups attached to an aromatic ring is 1. The summed E-state index contributed by atoms with van der Waals surface area (Å²) in [5, 5.41) is 18.9. The van der Waals surface area contributed by atoms with Crippen molar-refractivity contribution in [3.63, 3.8) is 0 Å². The summed E-state index contributed by atoms with van der Waals surface area (Å²) >= 11 is 0. The molecule has 3 N–H and O–H groups in total. The van der Waals surface area contributed by atoms with E-state index in [4.69, 9.17) is 15.7 Å². The van der Waals surface area contributed by atoms with E-state index in [0.29, 0.717) is 11.3 Å². The number of aliphatic hydroxyl groups is 1.